The molecule has 6 heteroatoms. The van der Waals surface area contributed by atoms with Crippen molar-refractivity contribution in [2.75, 3.05) is 6.61 Å². The van der Waals surface area contributed by atoms with Crippen LogP contribution in [0.15, 0.2) is 24.5 Å². The van der Waals surface area contributed by atoms with Gasteiger partial charge in [-0.25, -0.2) is 4.98 Å². The standard InChI is InChI=1S/C13H17N3O3/c1-3-18-12-6-10(7-17)4-5-11(12)19-8-13-14-9-15-16(13)2/h4-6,9,17H,3,7-8H2,1-2H3. The molecular formula is C13H17N3O3. The minimum absolute atomic E-state index is 0.0242. The Morgan fingerprint density at radius 3 is 2.74 bits per heavy atom. The van der Waals surface area contributed by atoms with E-state index in [1.165, 1.54) is 6.33 Å². The van der Waals surface area contributed by atoms with Crippen molar-refractivity contribution in [3.63, 3.8) is 0 Å². The molecule has 102 valence electrons. The second-order valence-electron chi connectivity index (χ2n) is 3.96. The summed E-state index contributed by atoms with van der Waals surface area (Å²) in [7, 11) is 1.81. The summed E-state index contributed by atoms with van der Waals surface area (Å²) in [6, 6.07) is 5.36. The lowest BCUT2D eigenvalue weighted by molar-refractivity contribution is 0.256. The first-order valence-electron chi connectivity index (χ1n) is 6.06. The van der Waals surface area contributed by atoms with Crippen LogP contribution in [-0.4, -0.2) is 26.5 Å². The summed E-state index contributed by atoms with van der Waals surface area (Å²) in [6.45, 7) is 2.73. The van der Waals surface area contributed by atoms with Crippen molar-refractivity contribution in [3.8, 4) is 11.5 Å². The lowest BCUT2D eigenvalue weighted by atomic mass is 10.2. The van der Waals surface area contributed by atoms with Crippen LogP contribution in [0.25, 0.3) is 0 Å². The molecule has 2 aromatic rings. The third-order valence-corrected chi connectivity index (χ3v) is 2.65. The van der Waals surface area contributed by atoms with E-state index in [1.54, 1.807) is 22.9 Å². The molecular weight excluding hydrogens is 246 g/mol. The van der Waals surface area contributed by atoms with Gasteiger partial charge in [-0.05, 0) is 24.6 Å². The van der Waals surface area contributed by atoms with E-state index in [1.807, 2.05) is 14.0 Å². The first-order chi connectivity index (χ1) is 9.24. The summed E-state index contributed by atoms with van der Waals surface area (Å²) >= 11 is 0. The van der Waals surface area contributed by atoms with Gasteiger partial charge in [0.2, 0.25) is 0 Å². The number of hydrogen-bond acceptors (Lipinski definition) is 5. The Labute approximate surface area is 111 Å². The summed E-state index contributed by atoms with van der Waals surface area (Å²) in [6.07, 6.45) is 1.48. The molecule has 0 atom stereocenters. The monoisotopic (exact) mass is 263 g/mol. The van der Waals surface area contributed by atoms with E-state index in [2.05, 4.69) is 10.1 Å². The number of aliphatic hydroxyl groups excluding tert-OH is 1. The van der Waals surface area contributed by atoms with E-state index >= 15 is 0 Å². The van der Waals surface area contributed by atoms with E-state index in [0.29, 0.717) is 24.7 Å². The molecule has 0 unspecified atom stereocenters. The average Bonchev–Trinajstić information content (AvgIpc) is 2.83. The molecule has 0 spiro atoms. The molecule has 0 aliphatic carbocycles. The molecule has 0 bridgehead atoms. The summed E-state index contributed by atoms with van der Waals surface area (Å²) in [5, 5.41) is 13.1. The maximum atomic E-state index is 9.12. The molecule has 1 aromatic heterocycles. The fraction of sp³-hybridized carbons (Fsp3) is 0.385. The van der Waals surface area contributed by atoms with Gasteiger partial charge in [0.25, 0.3) is 0 Å². The molecule has 0 saturated carbocycles. The Hall–Kier alpha value is -2.08. The largest absolute Gasteiger partial charge is 0.490 e. The number of rotatable bonds is 6. The van der Waals surface area contributed by atoms with Crippen molar-refractivity contribution >= 4 is 0 Å². The summed E-state index contributed by atoms with van der Waals surface area (Å²) in [5.74, 6) is 1.98. The van der Waals surface area contributed by atoms with Gasteiger partial charge in [0.05, 0.1) is 13.2 Å². The SMILES string of the molecule is CCOc1cc(CO)ccc1OCc1ncnn1C. The predicted molar refractivity (Wildman–Crippen MR) is 68.9 cm³/mol. The number of hydrogen-bond donors (Lipinski definition) is 1. The van der Waals surface area contributed by atoms with Gasteiger partial charge in [-0.15, -0.1) is 0 Å². The minimum Gasteiger partial charge on any atom is -0.490 e. The molecule has 0 amide bonds. The predicted octanol–water partition coefficient (Wildman–Crippen LogP) is 1.29. The highest BCUT2D eigenvalue weighted by molar-refractivity contribution is 5.42. The average molecular weight is 263 g/mol. The Kier molecular flexibility index (Phi) is 4.35. The van der Waals surface area contributed by atoms with Crippen LogP contribution in [0.3, 0.4) is 0 Å². The fourth-order valence-corrected chi connectivity index (χ4v) is 1.63. The first-order valence-corrected chi connectivity index (χ1v) is 6.06. The number of ether oxygens (including phenoxy) is 2. The molecule has 6 nitrogen and oxygen atoms in total. The van der Waals surface area contributed by atoms with Crippen LogP contribution in [-0.2, 0) is 20.3 Å². The van der Waals surface area contributed by atoms with E-state index < -0.39 is 0 Å². The highest BCUT2D eigenvalue weighted by Crippen LogP contribution is 2.29. The zero-order valence-electron chi connectivity index (χ0n) is 11.0. The number of nitrogens with zero attached hydrogens (tertiary/aromatic N) is 3. The van der Waals surface area contributed by atoms with Gasteiger partial charge in [-0.1, -0.05) is 6.07 Å². The molecule has 19 heavy (non-hydrogen) atoms. The third kappa shape index (κ3) is 3.23. The Morgan fingerprint density at radius 2 is 2.11 bits per heavy atom. The van der Waals surface area contributed by atoms with E-state index in [-0.39, 0.29) is 6.61 Å². The zero-order valence-corrected chi connectivity index (χ0v) is 11.0. The third-order valence-electron chi connectivity index (χ3n) is 2.65. The van der Waals surface area contributed by atoms with Crippen molar-refractivity contribution in [1.82, 2.24) is 14.8 Å². The molecule has 0 saturated heterocycles. The summed E-state index contributed by atoms with van der Waals surface area (Å²) in [4.78, 5) is 4.09. The molecule has 1 N–H and O–H groups in total. The summed E-state index contributed by atoms with van der Waals surface area (Å²) in [5.41, 5.74) is 0.787. The van der Waals surface area contributed by atoms with Crippen LogP contribution >= 0.6 is 0 Å². The van der Waals surface area contributed by atoms with Crippen molar-refractivity contribution in [2.45, 2.75) is 20.1 Å². The topological polar surface area (TPSA) is 69.4 Å². The van der Waals surface area contributed by atoms with Crippen molar-refractivity contribution in [1.29, 1.82) is 0 Å². The second-order valence-corrected chi connectivity index (χ2v) is 3.96. The van der Waals surface area contributed by atoms with Crippen LogP contribution in [0.5, 0.6) is 11.5 Å². The van der Waals surface area contributed by atoms with Gasteiger partial charge in [-0.2, -0.15) is 5.10 Å². The van der Waals surface area contributed by atoms with Crippen molar-refractivity contribution in [2.24, 2.45) is 7.05 Å². The molecule has 0 fully saturated rings. The maximum absolute atomic E-state index is 9.12. The Bertz CT molecular complexity index is 540. The highest BCUT2D eigenvalue weighted by atomic mass is 16.5. The van der Waals surface area contributed by atoms with E-state index in [0.717, 1.165) is 11.4 Å². The number of aryl methyl sites for hydroxylation is 1. The molecule has 0 aliphatic rings. The zero-order chi connectivity index (χ0) is 13.7. The van der Waals surface area contributed by atoms with Gasteiger partial charge in [0.1, 0.15) is 12.9 Å². The molecule has 0 aliphatic heterocycles. The quantitative estimate of drug-likeness (QED) is 0.850. The van der Waals surface area contributed by atoms with Gasteiger partial charge in [-0.3, -0.25) is 4.68 Å². The Morgan fingerprint density at radius 1 is 1.26 bits per heavy atom. The number of benzene rings is 1. The lowest BCUT2D eigenvalue weighted by Gasteiger charge is -2.12. The lowest BCUT2D eigenvalue weighted by Crippen LogP contribution is -2.06. The second kappa shape index (κ2) is 6.19. The van der Waals surface area contributed by atoms with Gasteiger partial charge in [0.15, 0.2) is 17.3 Å². The first kappa shape index (κ1) is 13.4. The van der Waals surface area contributed by atoms with Crippen LogP contribution < -0.4 is 9.47 Å². The summed E-state index contributed by atoms with van der Waals surface area (Å²) < 4.78 is 12.8. The number of aliphatic hydroxyl groups is 1. The highest BCUT2D eigenvalue weighted by Gasteiger charge is 2.08. The molecule has 1 heterocycles. The van der Waals surface area contributed by atoms with Gasteiger partial charge < -0.3 is 14.6 Å². The molecule has 0 radical (unpaired) electrons. The van der Waals surface area contributed by atoms with Crippen LogP contribution in [0.2, 0.25) is 0 Å². The van der Waals surface area contributed by atoms with Gasteiger partial charge >= 0.3 is 0 Å². The van der Waals surface area contributed by atoms with Crippen LogP contribution in [0.4, 0.5) is 0 Å². The minimum atomic E-state index is -0.0242. The maximum Gasteiger partial charge on any atom is 0.164 e. The van der Waals surface area contributed by atoms with Gasteiger partial charge in [0, 0.05) is 7.05 Å². The van der Waals surface area contributed by atoms with E-state index in [4.69, 9.17) is 14.6 Å². The van der Waals surface area contributed by atoms with Crippen molar-refractivity contribution in [3.05, 3.63) is 35.9 Å². The fourth-order valence-electron chi connectivity index (χ4n) is 1.63. The normalized spacial score (nSPS) is 10.5. The smallest absolute Gasteiger partial charge is 0.164 e. The Balaban J connectivity index is 2.12. The molecule has 2 rings (SSSR count). The number of aromatic nitrogens is 3. The molecule has 1 aromatic carbocycles. The van der Waals surface area contributed by atoms with E-state index in [9.17, 15) is 0 Å². The van der Waals surface area contributed by atoms with Crippen LogP contribution in [0.1, 0.15) is 18.3 Å². The van der Waals surface area contributed by atoms with Crippen LogP contribution in [0, 0.1) is 0 Å². The van der Waals surface area contributed by atoms with Crippen molar-refractivity contribution < 1.29 is 14.6 Å².